The number of hydrogen-bond donors (Lipinski definition) is 1. The predicted octanol–water partition coefficient (Wildman–Crippen LogP) is 11.2. The lowest BCUT2D eigenvalue weighted by Gasteiger charge is -2.31. The first-order valence-electron chi connectivity index (χ1n) is 18.4. The molecule has 0 aliphatic rings. The molecule has 5 heterocycles. The summed E-state index contributed by atoms with van der Waals surface area (Å²) in [6.45, 7) is 15.2. The maximum absolute atomic E-state index is 13.9. The maximum atomic E-state index is 13.9. The zero-order valence-corrected chi connectivity index (χ0v) is 33.0. The molecule has 0 atom stereocenters. The number of H-pyrrole nitrogens is 1. The summed E-state index contributed by atoms with van der Waals surface area (Å²) in [7, 11) is 0. The molecule has 0 aliphatic carbocycles. The van der Waals surface area contributed by atoms with Crippen LogP contribution in [0.1, 0.15) is 64.5 Å². The van der Waals surface area contributed by atoms with E-state index >= 15 is 0 Å². The van der Waals surface area contributed by atoms with Gasteiger partial charge in [0.1, 0.15) is 0 Å². The van der Waals surface area contributed by atoms with Crippen molar-refractivity contribution in [1.29, 1.82) is 0 Å². The highest BCUT2D eigenvalue weighted by Gasteiger charge is 2.24. The van der Waals surface area contributed by atoms with E-state index in [-0.39, 0.29) is 18.0 Å². The second-order valence-electron chi connectivity index (χ2n) is 14.5. The lowest BCUT2D eigenvalue weighted by molar-refractivity contribution is 0.0644. The molecule has 0 fully saturated rings. The Kier molecular flexibility index (Phi) is 11.0. The summed E-state index contributed by atoms with van der Waals surface area (Å²) in [5.74, 6) is 0.0721. The molecule has 0 saturated heterocycles. The first-order valence-corrected chi connectivity index (χ1v) is 20.0. The van der Waals surface area contributed by atoms with Crippen LogP contribution in [0.3, 0.4) is 0 Å². The number of carbonyl (C=O) groups is 1. The third kappa shape index (κ3) is 8.36. The van der Waals surface area contributed by atoms with Gasteiger partial charge in [0.15, 0.2) is 0 Å². The number of aryl methyl sites for hydroxylation is 2. The van der Waals surface area contributed by atoms with Gasteiger partial charge in [0.2, 0.25) is 0 Å². The first kappa shape index (κ1) is 36.5. The van der Waals surface area contributed by atoms with Crippen molar-refractivity contribution < 1.29 is 4.79 Å². The van der Waals surface area contributed by atoms with E-state index in [4.69, 9.17) is 0 Å². The monoisotopic (exact) mass is 737 g/mol. The van der Waals surface area contributed by atoms with Crippen molar-refractivity contribution in [2.24, 2.45) is 0 Å². The van der Waals surface area contributed by atoms with Crippen molar-refractivity contribution in [1.82, 2.24) is 24.8 Å². The second-order valence-corrected chi connectivity index (χ2v) is 16.8. The number of hydrogen-bond acceptors (Lipinski definition) is 6. The van der Waals surface area contributed by atoms with Gasteiger partial charge in [-0.1, -0.05) is 29.3 Å². The maximum Gasteiger partial charge on any atom is 0.254 e. The molecule has 0 radical (unpaired) electrons. The molecule has 5 aromatic heterocycles. The van der Waals surface area contributed by atoms with Gasteiger partial charge in [-0.15, -0.1) is 22.7 Å². The van der Waals surface area contributed by atoms with Crippen LogP contribution in [0.2, 0.25) is 0 Å². The Morgan fingerprint density at radius 3 is 1.83 bits per heavy atom. The molecule has 0 spiro atoms. The lowest BCUT2D eigenvalue weighted by atomic mass is 9.98. The summed E-state index contributed by atoms with van der Waals surface area (Å²) < 4.78 is 0. The van der Waals surface area contributed by atoms with E-state index in [1.807, 2.05) is 70.6 Å². The summed E-state index contributed by atoms with van der Waals surface area (Å²) in [5, 5.41) is 1.11. The van der Waals surface area contributed by atoms with E-state index < -0.39 is 0 Å². The Morgan fingerprint density at radius 2 is 1.30 bits per heavy atom. The Bertz CT molecular complexity index is 2210. The van der Waals surface area contributed by atoms with Crippen molar-refractivity contribution in [3.05, 3.63) is 142 Å². The molecule has 0 saturated carbocycles. The minimum absolute atomic E-state index is 0.0721. The smallest absolute Gasteiger partial charge is 0.254 e. The van der Waals surface area contributed by atoms with Crippen LogP contribution in [-0.4, -0.2) is 49.3 Å². The van der Waals surface area contributed by atoms with Gasteiger partial charge in [-0.05, 0) is 126 Å². The Balaban J connectivity index is 1.25. The molecule has 53 heavy (non-hydrogen) atoms. The Hall–Kier alpha value is -4.89. The molecule has 270 valence electrons. The normalized spacial score (nSPS) is 11.7. The van der Waals surface area contributed by atoms with E-state index in [1.165, 1.54) is 41.8 Å². The summed E-state index contributed by atoms with van der Waals surface area (Å²) in [5.41, 5.74) is 10.1. The van der Waals surface area contributed by atoms with Crippen LogP contribution in [0.5, 0.6) is 0 Å². The van der Waals surface area contributed by atoms with Crippen LogP contribution in [0.15, 0.2) is 110 Å². The SMILES string of the molecule is Cc1cc(C)cc(-c2[nH]c3ccc(C(=O)N(C(C)C)C(C)C)cc3c2CCN(Cc2ccc(-c3cccnc3)s2)Cc2ccc(-c3cccnc3)s2)c1. The topological polar surface area (TPSA) is 65.1 Å². The highest BCUT2D eigenvalue weighted by atomic mass is 32.1. The van der Waals surface area contributed by atoms with Crippen molar-refractivity contribution in [2.75, 3.05) is 6.54 Å². The quantitative estimate of drug-likeness (QED) is 0.128. The van der Waals surface area contributed by atoms with Crippen LogP contribution in [0, 0.1) is 13.8 Å². The van der Waals surface area contributed by atoms with E-state index in [0.29, 0.717) is 0 Å². The van der Waals surface area contributed by atoms with Gasteiger partial charge in [-0.25, -0.2) is 0 Å². The minimum Gasteiger partial charge on any atom is -0.354 e. The number of amides is 1. The molecule has 1 N–H and O–H groups in total. The molecule has 6 nitrogen and oxygen atoms in total. The standard InChI is InChI=1S/C45H47N5OS2/c1-29(2)50(30(3)4)45(51)33-11-14-41-40(24-33)39(44(48-41)36-22-31(5)21-32(6)23-36)17-20-49(27-37-12-15-42(52-37)34-9-7-18-46-25-34)28-38-13-16-43(53-38)35-10-8-19-47-26-35/h7-16,18-19,21-26,29-30,48H,17,20,27-28H2,1-6H3. The number of carbonyl (C=O) groups excluding carboxylic acids is 1. The van der Waals surface area contributed by atoms with E-state index in [1.54, 1.807) is 0 Å². The molecule has 0 aliphatic heterocycles. The van der Waals surface area contributed by atoms with Crippen LogP contribution in [-0.2, 0) is 19.5 Å². The fourth-order valence-corrected chi connectivity index (χ4v) is 9.48. The van der Waals surface area contributed by atoms with Gasteiger partial charge in [0.05, 0.1) is 0 Å². The molecular formula is C45H47N5OS2. The minimum atomic E-state index is 0.0721. The van der Waals surface area contributed by atoms with Crippen LogP contribution in [0.4, 0.5) is 0 Å². The number of rotatable bonds is 13. The summed E-state index contributed by atoms with van der Waals surface area (Å²) >= 11 is 3.67. The highest BCUT2D eigenvalue weighted by molar-refractivity contribution is 7.15. The summed E-state index contributed by atoms with van der Waals surface area (Å²) in [4.78, 5) is 36.1. The number of aromatic nitrogens is 3. The molecule has 2 aromatic carbocycles. The molecule has 8 heteroatoms. The molecule has 1 amide bonds. The first-order chi connectivity index (χ1) is 25.6. The van der Waals surface area contributed by atoms with Gasteiger partial charge in [0, 0.05) is 109 Å². The van der Waals surface area contributed by atoms with Crippen LogP contribution >= 0.6 is 22.7 Å². The van der Waals surface area contributed by atoms with Gasteiger partial charge in [0.25, 0.3) is 5.91 Å². The Morgan fingerprint density at radius 1 is 0.717 bits per heavy atom. The third-order valence-corrected chi connectivity index (χ3v) is 11.9. The number of pyridine rings is 2. The Labute approximate surface area is 321 Å². The summed E-state index contributed by atoms with van der Waals surface area (Å²) in [6.07, 6.45) is 8.33. The molecule has 0 unspecified atom stereocenters. The number of aromatic amines is 1. The van der Waals surface area contributed by atoms with E-state index in [0.717, 1.165) is 59.3 Å². The molecule has 7 aromatic rings. The number of benzene rings is 2. The van der Waals surface area contributed by atoms with Gasteiger partial charge >= 0.3 is 0 Å². The molecular weight excluding hydrogens is 691 g/mol. The van der Waals surface area contributed by atoms with Gasteiger partial charge in [-0.2, -0.15) is 0 Å². The van der Waals surface area contributed by atoms with Crippen LogP contribution < -0.4 is 0 Å². The van der Waals surface area contributed by atoms with Gasteiger partial charge in [-0.3, -0.25) is 19.7 Å². The van der Waals surface area contributed by atoms with Crippen molar-refractivity contribution >= 4 is 39.5 Å². The van der Waals surface area contributed by atoms with Crippen molar-refractivity contribution in [3.63, 3.8) is 0 Å². The van der Waals surface area contributed by atoms with Gasteiger partial charge < -0.3 is 9.88 Å². The average Bonchev–Trinajstić information content (AvgIpc) is 3.89. The number of thiophene rings is 2. The van der Waals surface area contributed by atoms with Crippen LogP contribution in [0.25, 0.3) is 43.0 Å². The fraction of sp³-hybridized carbons (Fsp3) is 0.267. The number of fused-ring (bicyclic) bond motifs is 1. The molecule has 0 bridgehead atoms. The third-order valence-electron chi connectivity index (χ3n) is 9.66. The second kappa shape index (κ2) is 16.0. The number of nitrogens with zero attached hydrogens (tertiary/aromatic N) is 4. The fourth-order valence-electron chi connectivity index (χ4n) is 7.40. The average molecular weight is 738 g/mol. The predicted molar refractivity (Wildman–Crippen MR) is 223 cm³/mol. The summed E-state index contributed by atoms with van der Waals surface area (Å²) in [6, 6.07) is 30.3. The van der Waals surface area contributed by atoms with Crippen molar-refractivity contribution in [2.45, 2.75) is 73.1 Å². The van der Waals surface area contributed by atoms with E-state index in [2.05, 4.69) is 128 Å². The zero-order chi connectivity index (χ0) is 37.1. The lowest BCUT2D eigenvalue weighted by Crippen LogP contribution is -2.42. The number of nitrogens with one attached hydrogen (secondary N) is 1. The largest absolute Gasteiger partial charge is 0.354 e. The zero-order valence-electron chi connectivity index (χ0n) is 31.4. The van der Waals surface area contributed by atoms with Crippen molar-refractivity contribution in [3.8, 4) is 32.1 Å². The highest BCUT2D eigenvalue weighted by Crippen LogP contribution is 2.35. The molecule has 7 rings (SSSR count). The van der Waals surface area contributed by atoms with E-state index in [9.17, 15) is 4.79 Å².